The quantitative estimate of drug-likeness (QED) is 0.513. The van der Waals surface area contributed by atoms with Crippen LogP contribution in [-0.4, -0.2) is 21.4 Å². The number of carbonyl (C=O) groups excluding carboxylic acids is 1. The molecule has 10 heteroatoms. The van der Waals surface area contributed by atoms with Gasteiger partial charge < -0.3 is 10.1 Å². The third kappa shape index (κ3) is 5.14. The van der Waals surface area contributed by atoms with E-state index >= 15 is 0 Å². The van der Waals surface area contributed by atoms with Gasteiger partial charge in [-0.1, -0.05) is 15.9 Å². The van der Waals surface area contributed by atoms with Crippen molar-refractivity contribution in [2.24, 2.45) is 0 Å². The summed E-state index contributed by atoms with van der Waals surface area (Å²) in [5, 5.41) is 2.33. The van der Waals surface area contributed by atoms with E-state index in [1.807, 2.05) is 0 Å². The maximum absolute atomic E-state index is 13.3. The van der Waals surface area contributed by atoms with Crippen molar-refractivity contribution in [1.29, 1.82) is 0 Å². The Kier molecular flexibility index (Phi) is 6.37. The summed E-state index contributed by atoms with van der Waals surface area (Å²) >= 11 is 3.27. The topological polar surface area (TPSA) is 84.5 Å². The second-order valence-corrected chi connectivity index (χ2v) is 8.66. The lowest BCUT2D eigenvalue weighted by Gasteiger charge is -2.13. The van der Waals surface area contributed by atoms with Crippen LogP contribution in [0.3, 0.4) is 0 Å². The van der Waals surface area contributed by atoms with Gasteiger partial charge in [0.1, 0.15) is 22.3 Å². The van der Waals surface area contributed by atoms with E-state index < -0.39 is 27.6 Å². The molecule has 0 saturated heterocycles. The zero-order valence-electron chi connectivity index (χ0n) is 15.4. The molecule has 3 aromatic rings. The van der Waals surface area contributed by atoms with E-state index in [1.165, 1.54) is 19.2 Å². The number of benzene rings is 3. The van der Waals surface area contributed by atoms with Crippen molar-refractivity contribution in [2.45, 2.75) is 4.90 Å². The minimum absolute atomic E-state index is 0.0213. The number of rotatable bonds is 6. The number of amides is 1. The van der Waals surface area contributed by atoms with E-state index in [1.54, 1.807) is 24.3 Å². The third-order valence-corrected chi connectivity index (χ3v) is 5.86. The molecule has 0 atom stereocenters. The number of ether oxygens (including phenoxy) is 1. The highest BCUT2D eigenvalue weighted by molar-refractivity contribution is 9.10. The second-order valence-electron chi connectivity index (χ2n) is 6.09. The van der Waals surface area contributed by atoms with Crippen LogP contribution in [0.1, 0.15) is 10.4 Å². The number of sulfonamides is 1. The molecule has 3 rings (SSSR count). The first-order chi connectivity index (χ1) is 14.2. The lowest BCUT2D eigenvalue weighted by molar-refractivity contribution is 0.102. The van der Waals surface area contributed by atoms with Crippen molar-refractivity contribution >= 4 is 43.2 Å². The highest BCUT2D eigenvalue weighted by atomic mass is 79.9. The minimum atomic E-state index is -4.10. The predicted molar refractivity (Wildman–Crippen MR) is 112 cm³/mol. The number of hydrogen-bond donors (Lipinski definition) is 2. The Hall–Kier alpha value is -2.98. The van der Waals surface area contributed by atoms with Crippen molar-refractivity contribution in [3.63, 3.8) is 0 Å². The van der Waals surface area contributed by atoms with E-state index in [2.05, 4.69) is 26.0 Å². The smallest absolute Gasteiger partial charge is 0.265 e. The molecule has 0 radical (unpaired) electrons. The van der Waals surface area contributed by atoms with E-state index in [0.29, 0.717) is 11.8 Å². The molecule has 6 nitrogen and oxygen atoms in total. The van der Waals surface area contributed by atoms with Crippen molar-refractivity contribution in [1.82, 2.24) is 0 Å². The summed E-state index contributed by atoms with van der Waals surface area (Å²) in [6.45, 7) is 0. The van der Waals surface area contributed by atoms with Crippen LogP contribution in [0.4, 0.5) is 20.2 Å². The van der Waals surface area contributed by atoms with Gasteiger partial charge in [0.2, 0.25) is 0 Å². The van der Waals surface area contributed by atoms with Gasteiger partial charge >= 0.3 is 0 Å². The molecule has 0 fully saturated rings. The number of anilines is 2. The average molecular weight is 497 g/mol. The van der Waals surface area contributed by atoms with Gasteiger partial charge in [-0.2, -0.15) is 0 Å². The summed E-state index contributed by atoms with van der Waals surface area (Å²) in [5.74, 6) is -2.44. The average Bonchev–Trinajstić information content (AvgIpc) is 2.68. The lowest BCUT2D eigenvalue weighted by atomic mass is 10.2. The summed E-state index contributed by atoms with van der Waals surface area (Å²) < 4.78 is 60.7. The molecule has 0 unspecified atom stereocenters. The van der Waals surface area contributed by atoms with Crippen molar-refractivity contribution in [3.8, 4) is 5.75 Å². The monoisotopic (exact) mass is 496 g/mol. The van der Waals surface area contributed by atoms with Gasteiger partial charge in [0, 0.05) is 27.5 Å². The van der Waals surface area contributed by atoms with Crippen LogP contribution in [0.25, 0.3) is 0 Å². The number of halogens is 3. The molecule has 0 bridgehead atoms. The van der Waals surface area contributed by atoms with Gasteiger partial charge in [0.05, 0.1) is 7.11 Å². The van der Waals surface area contributed by atoms with Crippen LogP contribution in [-0.2, 0) is 10.0 Å². The second kappa shape index (κ2) is 8.80. The molecule has 0 heterocycles. The number of carbonyl (C=O) groups is 1. The van der Waals surface area contributed by atoms with Crippen molar-refractivity contribution in [3.05, 3.63) is 82.3 Å². The molecule has 0 saturated carbocycles. The molecule has 2 N–H and O–H groups in total. The summed E-state index contributed by atoms with van der Waals surface area (Å²) in [4.78, 5) is 12.2. The Morgan fingerprint density at radius 2 is 1.57 bits per heavy atom. The molecule has 1 amide bonds. The van der Waals surface area contributed by atoms with Gasteiger partial charge in [0.25, 0.3) is 15.9 Å². The first-order valence-electron chi connectivity index (χ1n) is 8.42. The lowest BCUT2D eigenvalue weighted by Crippen LogP contribution is -2.17. The van der Waals surface area contributed by atoms with E-state index in [4.69, 9.17) is 4.74 Å². The fraction of sp³-hybridized carbons (Fsp3) is 0.0500. The largest absolute Gasteiger partial charge is 0.495 e. The number of methoxy groups -OCH3 is 1. The van der Waals surface area contributed by atoms with E-state index in [-0.39, 0.29) is 21.9 Å². The van der Waals surface area contributed by atoms with Crippen LogP contribution < -0.4 is 14.8 Å². The minimum Gasteiger partial charge on any atom is -0.495 e. The molecule has 0 aromatic heterocycles. The molecule has 0 aliphatic carbocycles. The van der Waals surface area contributed by atoms with Crippen LogP contribution >= 0.6 is 15.9 Å². The predicted octanol–water partition coefficient (Wildman–Crippen LogP) is 4.79. The van der Waals surface area contributed by atoms with Gasteiger partial charge in [-0.3, -0.25) is 9.52 Å². The van der Waals surface area contributed by atoms with Crippen molar-refractivity contribution in [2.75, 3.05) is 17.1 Å². The summed E-state index contributed by atoms with van der Waals surface area (Å²) in [6, 6.07) is 12.8. The van der Waals surface area contributed by atoms with Gasteiger partial charge in [-0.15, -0.1) is 0 Å². The Balaban J connectivity index is 1.92. The summed E-state index contributed by atoms with van der Waals surface area (Å²) in [5.41, 5.74) is 0.160. The van der Waals surface area contributed by atoms with Crippen LogP contribution in [0.2, 0.25) is 0 Å². The molecule has 0 aliphatic rings. The van der Waals surface area contributed by atoms with E-state index in [0.717, 1.165) is 22.7 Å². The van der Waals surface area contributed by atoms with Crippen LogP contribution in [0.15, 0.2) is 70.0 Å². The summed E-state index contributed by atoms with van der Waals surface area (Å²) in [7, 11) is -2.81. The maximum atomic E-state index is 13.3. The van der Waals surface area contributed by atoms with Crippen molar-refractivity contribution < 1.29 is 26.7 Å². The molecule has 3 aromatic carbocycles. The molecular weight excluding hydrogens is 482 g/mol. The maximum Gasteiger partial charge on any atom is 0.265 e. The Morgan fingerprint density at radius 1 is 0.933 bits per heavy atom. The third-order valence-electron chi connectivity index (χ3n) is 3.93. The van der Waals surface area contributed by atoms with Gasteiger partial charge in [0.15, 0.2) is 0 Å². The Bertz CT molecular complexity index is 1180. The van der Waals surface area contributed by atoms with Gasteiger partial charge in [-0.05, 0) is 54.6 Å². The zero-order chi connectivity index (χ0) is 21.9. The number of hydrogen-bond acceptors (Lipinski definition) is 4. The first-order valence-corrected chi connectivity index (χ1v) is 10.7. The fourth-order valence-electron chi connectivity index (χ4n) is 2.59. The molecule has 156 valence electrons. The number of nitrogens with one attached hydrogen (secondary N) is 2. The fourth-order valence-corrected chi connectivity index (χ4v) is 4.10. The highest BCUT2D eigenvalue weighted by Gasteiger charge is 2.22. The summed E-state index contributed by atoms with van der Waals surface area (Å²) in [6.07, 6.45) is 0. The van der Waals surface area contributed by atoms with Gasteiger partial charge in [-0.25, -0.2) is 17.2 Å². The highest BCUT2D eigenvalue weighted by Crippen LogP contribution is 2.28. The van der Waals surface area contributed by atoms with Crippen LogP contribution in [0.5, 0.6) is 5.75 Å². The standard InChI is InChI=1S/C20H15BrF2N2O4S/c1-29-18-7-2-12(20(26)24-17-10-14(22)9-15(23)11-17)8-19(18)30(27,28)25-16-5-3-13(21)4-6-16/h2-11,25H,1H3,(H,24,26). The SMILES string of the molecule is COc1ccc(C(=O)Nc2cc(F)cc(F)c2)cc1S(=O)(=O)Nc1ccc(Br)cc1. The molecular formula is C20H15BrF2N2O4S. The molecule has 30 heavy (non-hydrogen) atoms. The van der Waals surface area contributed by atoms with E-state index in [9.17, 15) is 22.0 Å². The Labute approximate surface area is 180 Å². The normalized spacial score (nSPS) is 11.1. The molecule has 0 spiro atoms. The van der Waals surface area contributed by atoms with Crippen LogP contribution in [0, 0.1) is 11.6 Å². The first kappa shape index (κ1) is 21.7. The Morgan fingerprint density at radius 3 is 2.17 bits per heavy atom. The zero-order valence-corrected chi connectivity index (χ0v) is 17.9. The molecule has 0 aliphatic heterocycles.